The molecule has 0 aliphatic heterocycles. The Kier molecular flexibility index (Phi) is 2.75. The van der Waals surface area contributed by atoms with Crippen molar-refractivity contribution in [2.24, 2.45) is 0 Å². The average Bonchev–Trinajstić information content (AvgIpc) is 2.31. The first-order chi connectivity index (χ1) is 7.60. The molecule has 0 atom stereocenters. The van der Waals surface area contributed by atoms with Crippen LogP contribution in [0.15, 0.2) is 58.6 Å². The Labute approximate surface area is 94.7 Å². The van der Waals surface area contributed by atoms with Crippen molar-refractivity contribution < 1.29 is 8.42 Å². The van der Waals surface area contributed by atoms with Crippen molar-refractivity contribution in [3.63, 3.8) is 0 Å². The molecule has 3 nitrogen and oxygen atoms in total. The van der Waals surface area contributed by atoms with E-state index in [-0.39, 0.29) is 4.90 Å². The largest absolute Gasteiger partial charge is 0.265 e. The van der Waals surface area contributed by atoms with E-state index in [1.165, 1.54) is 24.5 Å². The second-order valence-corrected chi connectivity index (χ2v) is 5.45. The van der Waals surface area contributed by atoms with E-state index in [1.54, 1.807) is 24.3 Å². The van der Waals surface area contributed by atoms with Crippen LogP contribution in [0.2, 0.25) is 0 Å². The van der Waals surface area contributed by atoms with Gasteiger partial charge in [0.1, 0.15) is 0 Å². The van der Waals surface area contributed by atoms with E-state index in [0.717, 1.165) is 5.56 Å². The number of aromatic nitrogens is 1. The van der Waals surface area contributed by atoms with Crippen molar-refractivity contribution in [2.75, 3.05) is 0 Å². The second kappa shape index (κ2) is 4.06. The van der Waals surface area contributed by atoms with Crippen LogP contribution in [0.3, 0.4) is 0 Å². The fourth-order valence-corrected chi connectivity index (χ4v) is 2.62. The maximum Gasteiger partial charge on any atom is 0.206 e. The van der Waals surface area contributed by atoms with Crippen LogP contribution in [0.5, 0.6) is 0 Å². The minimum Gasteiger partial charge on any atom is -0.265 e. The number of pyridine rings is 1. The van der Waals surface area contributed by atoms with Crippen molar-refractivity contribution in [1.82, 2.24) is 4.98 Å². The van der Waals surface area contributed by atoms with Crippen molar-refractivity contribution in [3.05, 3.63) is 54.4 Å². The smallest absolute Gasteiger partial charge is 0.206 e. The molecular formula is C12H11NO2S. The zero-order valence-electron chi connectivity index (χ0n) is 8.79. The summed E-state index contributed by atoms with van der Waals surface area (Å²) >= 11 is 0. The monoisotopic (exact) mass is 233 g/mol. The quantitative estimate of drug-likeness (QED) is 0.799. The molecule has 2 aromatic rings. The lowest BCUT2D eigenvalue weighted by molar-refractivity contribution is 0.596. The maximum atomic E-state index is 12.1. The molecule has 0 amide bonds. The van der Waals surface area contributed by atoms with Gasteiger partial charge in [-0.15, -0.1) is 0 Å². The fourth-order valence-electron chi connectivity index (χ4n) is 1.37. The Balaban J connectivity index is 2.52. The van der Waals surface area contributed by atoms with E-state index in [0.29, 0.717) is 4.90 Å². The zero-order chi connectivity index (χ0) is 11.6. The van der Waals surface area contributed by atoms with Crippen LogP contribution >= 0.6 is 0 Å². The molecule has 82 valence electrons. The molecule has 0 saturated heterocycles. The van der Waals surface area contributed by atoms with Crippen LogP contribution in [0, 0.1) is 6.92 Å². The molecule has 1 heterocycles. The Morgan fingerprint density at radius 3 is 1.94 bits per heavy atom. The summed E-state index contributed by atoms with van der Waals surface area (Å²) in [6, 6.07) is 9.79. The third-order valence-corrected chi connectivity index (χ3v) is 4.08. The molecule has 0 unspecified atom stereocenters. The van der Waals surface area contributed by atoms with Crippen LogP contribution in [0.25, 0.3) is 0 Å². The number of hydrogen-bond donors (Lipinski definition) is 0. The molecular weight excluding hydrogens is 222 g/mol. The van der Waals surface area contributed by atoms with Crippen molar-refractivity contribution in [3.8, 4) is 0 Å². The summed E-state index contributed by atoms with van der Waals surface area (Å²) < 4.78 is 24.2. The molecule has 0 aliphatic carbocycles. The van der Waals surface area contributed by atoms with Crippen LogP contribution in [0.1, 0.15) is 5.56 Å². The average molecular weight is 233 g/mol. The number of hydrogen-bond acceptors (Lipinski definition) is 3. The van der Waals surface area contributed by atoms with Gasteiger partial charge >= 0.3 is 0 Å². The molecule has 0 bridgehead atoms. The summed E-state index contributed by atoms with van der Waals surface area (Å²) in [4.78, 5) is 4.38. The lowest BCUT2D eigenvalue weighted by atomic mass is 10.2. The first-order valence-electron chi connectivity index (χ1n) is 4.82. The van der Waals surface area contributed by atoms with Gasteiger partial charge in [0, 0.05) is 12.4 Å². The highest BCUT2D eigenvalue weighted by Crippen LogP contribution is 2.19. The molecule has 0 aliphatic rings. The summed E-state index contributed by atoms with van der Waals surface area (Å²) in [5, 5.41) is 0. The first kappa shape index (κ1) is 10.8. The van der Waals surface area contributed by atoms with Gasteiger partial charge in [-0.05, 0) is 31.2 Å². The van der Waals surface area contributed by atoms with Gasteiger partial charge in [0.25, 0.3) is 0 Å². The second-order valence-electron chi connectivity index (χ2n) is 3.50. The first-order valence-corrected chi connectivity index (χ1v) is 6.31. The van der Waals surface area contributed by atoms with E-state index in [9.17, 15) is 8.42 Å². The Bertz CT molecular complexity index is 574. The highest BCUT2D eigenvalue weighted by Gasteiger charge is 2.16. The van der Waals surface area contributed by atoms with Gasteiger partial charge in [-0.25, -0.2) is 8.42 Å². The van der Waals surface area contributed by atoms with Gasteiger partial charge in [0.05, 0.1) is 9.79 Å². The van der Waals surface area contributed by atoms with Gasteiger partial charge in [-0.2, -0.15) is 0 Å². The standard InChI is InChI=1S/C12H11NO2S/c1-10-2-4-11(5-3-10)16(14,15)12-6-8-13-9-7-12/h2-9H,1H3. The number of rotatable bonds is 2. The predicted molar refractivity (Wildman–Crippen MR) is 60.9 cm³/mol. The number of nitrogens with zero attached hydrogens (tertiary/aromatic N) is 1. The molecule has 4 heteroatoms. The van der Waals surface area contributed by atoms with Crippen LogP contribution < -0.4 is 0 Å². The third-order valence-electron chi connectivity index (χ3n) is 2.29. The summed E-state index contributed by atoms with van der Waals surface area (Å²) in [6.45, 7) is 1.92. The number of aryl methyl sites for hydroxylation is 1. The van der Waals surface area contributed by atoms with Gasteiger partial charge < -0.3 is 0 Å². The molecule has 0 spiro atoms. The van der Waals surface area contributed by atoms with Gasteiger partial charge in [-0.3, -0.25) is 4.98 Å². The Morgan fingerprint density at radius 1 is 0.875 bits per heavy atom. The molecule has 0 saturated carbocycles. The fraction of sp³-hybridized carbons (Fsp3) is 0.0833. The number of sulfone groups is 1. The lowest BCUT2D eigenvalue weighted by Gasteiger charge is -2.04. The summed E-state index contributed by atoms with van der Waals surface area (Å²) in [7, 11) is -3.40. The molecule has 1 aromatic carbocycles. The minimum atomic E-state index is -3.40. The van der Waals surface area contributed by atoms with E-state index in [4.69, 9.17) is 0 Å². The molecule has 16 heavy (non-hydrogen) atoms. The lowest BCUT2D eigenvalue weighted by Crippen LogP contribution is -2.01. The van der Waals surface area contributed by atoms with E-state index in [1.807, 2.05) is 6.92 Å². The van der Waals surface area contributed by atoms with Crippen molar-refractivity contribution >= 4 is 9.84 Å². The number of benzene rings is 1. The highest BCUT2D eigenvalue weighted by atomic mass is 32.2. The SMILES string of the molecule is Cc1ccc(S(=O)(=O)c2ccncc2)cc1. The van der Waals surface area contributed by atoms with E-state index >= 15 is 0 Å². The Hall–Kier alpha value is -1.68. The summed E-state index contributed by atoms with van der Waals surface area (Å²) in [5.74, 6) is 0. The van der Waals surface area contributed by atoms with E-state index < -0.39 is 9.84 Å². The Morgan fingerprint density at radius 2 is 1.38 bits per heavy atom. The normalized spacial score (nSPS) is 11.3. The van der Waals surface area contributed by atoms with Gasteiger partial charge in [-0.1, -0.05) is 17.7 Å². The van der Waals surface area contributed by atoms with Crippen LogP contribution in [0.4, 0.5) is 0 Å². The summed E-state index contributed by atoms with van der Waals surface area (Å²) in [6.07, 6.45) is 2.95. The van der Waals surface area contributed by atoms with Gasteiger partial charge in [0.2, 0.25) is 9.84 Å². The van der Waals surface area contributed by atoms with Crippen LogP contribution in [-0.2, 0) is 9.84 Å². The molecule has 0 fully saturated rings. The topological polar surface area (TPSA) is 47.0 Å². The van der Waals surface area contributed by atoms with Crippen molar-refractivity contribution in [1.29, 1.82) is 0 Å². The third kappa shape index (κ3) is 1.97. The predicted octanol–water partition coefficient (Wildman–Crippen LogP) is 2.22. The van der Waals surface area contributed by atoms with E-state index in [2.05, 4.69) is 4.98 Å². The molecule has 0 N–H and O–H groups in total. The van der Waals surface area contributed by atoms with Crippen LogP contribution in [-0.4, -0.2) is 13.4 Å². The van der Waals surface area contributed by atoms with Gasteiger partial charge in [0.15, 0.2) is 0 Å². The van der Waals surface area contributed by atoms with Crippen molar-refractivity contribution in [2.45, 2.75) is 16.7 Å². The zero-order valence-corrected chi connectivity index (χ0v) is 9.61. The molecule has 1 aromatic heterocycles. The highest BCUT2D eigenvalue weighted by molar-refractivity contribution is 7.91. The molecule has 2 rings (SSSR count). The summed E-state index contributed by atoms with van der Waals surface area (Å²) in [5.41, 5.74) is 1.04. The maximum absolute atomic E-state index is 12.1. The minimum absolute atomic E-state index is 0.270. The molecule has 0 radical (unpaired) electrons.